The van der Waals surface area contributed by atoms with E-state index in [0.717, 1.165) is 23.4 Å². The van der Waals surface area contributed by atoms with Crippen LogP contribution in [0.2, 0.25) is 0 Å². The Kier molecular flexibility index (Phi) is 4.77. The van der Waals surface area contributed by atoms with Crippen LogP contribution in [0, 0.1) is 0 Å². The van der Waals surface area contributed by atoms with Gasteiger partial charge in [0.15, 0.2) is 0 Å². The van der Waals surface area contributed by atoms with Gasteiger partial charge in [-0.25, -0.2) is 0 Å². The first-order valence-electron chi connectivity index (χ1n) is 7.81. The van der Waals surface area contributed by atoms with Gasteiger partial charge >= 0.3 is 0 Å². The lowest BCUT2D eigenvalue weighted by molar-refractivity contribution is 0.289. The van der Waals surface area contributed by atoms with Crippen molar-refractivity contribution in [3.05, 3.63) is 69.7 Å². The van der Waals surface area contributed by atoms with Gasteiger partial charge in [-0.05, 0) is 54.0 Å². The minimum Gasteiger partial charge on any atom is -0.310 e. The molecule has 1 fully saturated rings. The number of hydrogen-bond donors (Lipinski definition) is 1. The zero-order valence-corrected chi connectivity index (χ0v) is 14.1. The maximum atomic E-state index is 3.67. The van der Waals surface area contributed by atoms with E-state index in [0.29, 0.717) is 6.04 Å². The van der Waals surface area contributed by atoms with Crippen LogP contribution in [0.1, 0.15) is 42.4 Å². The molecule has 21 heavy (non-hydrogen) atoms. The Morgan fingerprint density at radius 2 is 1.57 bits per heavy atom. The van der Waals surface area contributed by atoms with Crippen molar-refractivity contribution in [3.8, 4) is 0 Å². The first-order chi connectivity index (χ1) is 10.2. The average Bonchev–Trinajstić information content (AvgIpc) is 2.48. The molecule has 0 aromatic heterocycles. The second-order valence-corrected chi connectivity index (χ2v) is 6.88. The molecule has 2 aromatic rings. The van der Waals surface area contributed by atoms with E-state index in [2.05, 4.69) is 76.7 Å². The molecule has 1 saturated carbocycles. The number of benzene rings is 2. The highest BCUT2D eigenvalue weighted by atomic mass is 79.9. The van der Waals surface area contributed by atoms with E-state index in [1.54, 1.807) is 0 Å². The van der Waals surface area contributed by atoms with Crippen LogP contribution >= 0.6 is 15.9 Å². The third-order valence-electron chi connectivity index (χ3n) is 4.51. The lowest BCUT2D eigenvalue weighted by Crippen LogP contribution is -2.39. The van der Waals surface area contributed by atoms with Crippen LogP contribution in [0.25, 0.3) is 0 Å². The van der Waals surface area contributed by atoms with Gasteiger partial charge in [0.1, 0.15) is 0 Å². The van der Waals surface area contributed by atoms with E-state index in [-0.39, 0.29) is 0 Å². The molecule has 0 spiro atoms. The molecule has 0 bridgehead atoms. The van der Waals surface area contributed by atoms with Crippen molar-refractivity contribution in [2.24, 2.45) is 0 Å². The van der Waals surface area contributed by atoms with Crippen molar-refractivity contribution in [3.63, 3.8) is 0 Å². The molecule has 0 heterocycles. The Bertz CT molecular complexity index is 568. The normalized spacial score (nSPS) is 21.0. The van der Waals surface area contributed by atoms with Gasteiger partial charge in [-0.15, -0.1) is 0 Å². The SMILES string of the molecule is CCc1ccc(CNC2CC(c3ccc(Br)cc3)C2)cc1. The molecular formula is C19H22BrN. The topological polar surface area (TPSA) is 12.0 Å². The van der Waals surface area contributed by atoms with Crippen molar-refractivity contribution in [1.82, 2.24) is 5.32 Å². The van der Waals surface area contributed by atoms with Crippen LogP contribution in [-0.4, -0.2) is 6.04 Å². The van der Waals surface area contributed by atoms with Gasteiger partial charge in [0.25, 0.3) is 0 Å². The molecule has 0 saturated heterocycles. The highest BCUT2D eigenvalue weighted by Crippen LogP contribution is 2.37. The van der Waals surface area contributed by atoms with Crippen LogP contribution in [0.15, 0.2) is 53.0 Å². The molecule has 1 aliphatic rings. The molecule has 110 valence electrons. The lowest BCUT2D eigenvalue weighted by atomic mass is 9.76. The zero-order valence-electron chi connectivity index (χ0n) is 12.5. The Labute approximate surface area is 135 Å². The highest BCUT2D eigenvalue weighted by Gasteiger charge is 2.29. The Morgan fingerprint density at radius 1 is 0.952 bits per heavy atom. The predicted octanol–water partition coefficient (Wildman–Crippen LogP) is 5.05. The van der Waals surface area contributed by atoms with E-state index in [4.69, 9.17) is 0 Å². The molecule has 0 amide bonds. The number of aryl methyl sites for hydroxylation is 1. The summed E-state index contributed by atoms with van der Waals surface area (Å²) in [5.74, 6) is 0.734. The Hall–Kier alpha value is -1.12. The number of rotatable bonds is 5. The van der Waals surface area contributed by atoms with Crippen molar-refractivity contribution < 1.29 is 0 Å². The van der Waals surface area contributed by atoms with Crippen LogP contribution < -0.4 is 5.32 Å². The summed E-state index contributed by atoms with van der Waals surface area (Å²) in [4.78, 5) is 0. The molecule has 0 atom stereocenters. The van der Waals surface area contributed by atoms with E-state index < -0.39 is 0 Å². The monoisotopic (exact) mass is 343 g/mol. The fourth-order valence-electron chi connectivity index (χ4n) is 2.95. The van der Waals surface area contributed by atoms with Gasteiger partial charge in [-0.3, -0.25) is 0 Å². The number of nitrogens with one attached hydrogen (secondary N) is 1. The fraction of sp³-hybridized carbons (Fsp3) is 0.368. The summed E-state index contributed by atoms with van der Waals surface area (Å²) in [7, 11) is 0. The van der Waals surface area contributed by atoms with Gasteiger partial charge < -0.3 is 5.32 Å². The predicted molar refractivity (Wildman–Crippen MR) is 92.6 cm³/mol. The summed E-state index contributed by atoms with van der Waals surface area (Å²) >= 11 is 3.49. The van der Waals surface area contributed by atoms with E-state index in [9.17, 15) is 0 Å². The molecule has 0 aliphatic heterocycles. The van der Waals surface area contributed by atoms with Gasteiger partial charge in [-0.1, -0.05) is 59.3 Å². The summed E-state index contributed by atoms with van der Waals surface area (Å²) in [6.07, 6.45) is 3.63. The Balaban J connectivity index is 1.45. The maximum absolute atomic E-state index is 3.67. The van der Waals surface area contributed by atoms with Gasteiger partial charge in [-0.2, -0.15) is 0 Å². The molecule has 3 rings (SSSR count). The second kappa shape index (κ2) is 6.76. The third-order valence-corrected chi connectivity index (χ3v) is 5.03. The van der Waals surface area contributed by atoms with Crippen LogP contribution in [0.5, 0.6) is 0 Å². The van der Waals surface area contributed by atoms with Crippen LogP contribution in [0.4, 0.5) is 0 Å². The summed E-state index contributed by atoms with van der Waals surface area (Å²) in [5.41, 5.74) is 4.28. The van der Waals surface area contributed by atoms with E-state index in [1.807, 2.05) is 0 Å². The maximum Gasteiger partial charge on any atom is 0.0208 e. The number of halogens is 1. The minimum atomic E-state index is 0.671. The highest BCUT2D eigenvalue weighted by molar-refractivity contribution is 9.10. The molecular weight excluding hydrogens is 322 g/mol. The molecule has 0 radical (unpaired) electrons. The smallest absolute Gasteiger partial charge is 0.0208 e. The van der Waals surface area contributed by atoms with Crippen LogP contribution in [-0.2, 0) is 13.0 Å². The van der Waals surface area contributed by atoms with Gasteiger partial charge in [0, 0.05) is 17.1 Å². The second-order valence-electron chi connectivity index (χ2n) is 5.97. The molecule has 2 aromatic carbocycles. The van der Waals surface area contributed by atoms with Crippen LogP contribution in [0.3, 0.4) is 0 Å². The van der Waals surface area contributed by atoms with Gasteiger partial charge in [0.05, 0.1) is 0 Å². The van der Waals surface area contributed by atoms with Crippen molar-refractivity contribution in [1.29, 1.82) is 0 Å². The summed E-state index contributed by atoms with van der Waals surface area (Å²) < 4.78 is 1.16. The summed E-state index contributed by atoms with van der Waals surface area (Å²) in [5, 5.41) is 3.67. The lowest BCUT2D eigenvalue weighted by Gasteiger charge is -2.36. The fourth-order valence-corrected chi connectivity index (χ4v) is 3.21. The quantitative estimate of drug-likeness (QED) is 0.801. The van der Waals surface area contributed by atoms with E-state index >= 15 is 0 Å². The van der Waals surface area contributed by atoms with Crippen molar-refractivity contribution in [2.45, 2.75) is 44.7 Å². The van der Waals surface area contributed by atoms with Crippen molar-refractivity contribution >= 4 is 15.9 Å². The molecule has 2 heteroatoms. The molecule has 1 N–H and O–H groups in total. The largest absolute Gasteiger partial charge is 0.310 e. The minimum absolute atomic E-state index is 0.671. The summed E-state index contributed by atoms with van der Waals surface area (Å²) in [6.45, 7) is 3.19. The third kappa shape index (κ3) is 3.75. The van der Waals surface area contributed by atoms with Gasteiger partial charge in [0.2, 0.25) is 0 Å². The number of hydrogen-bond acceptors (Lipinski definition) is 1. The van der Waals surface area contributed by atoms with E-state index in [1.165, 1.54) is 29.5 Å². The first-order valence-corrected chi connectivity index (χ1v) is 8.60. The first kappa shape index (κ1) is 14.8. The summed E-state index contributed by atoms with van der Waals surface area (Å²) in [6, 6.07) is 18.4. The molecule has 0 unspecified atom stereocenters. The standard InChI is InChI=1S/C19H22BrN/c1-2-14-3-5-15(6-4-14)13-21-19-11-17(12-19)16-7-9-18(20)10-8-16/h3-10,17,19,21H,2,11-13H2,1H3. The zero-order chi connectivity index (χ0) is 14.7. The van der Waals surface area contributed by atoms with Crippen molar-refractivity contribution in [2.75, 3.05) is 0 Å². The Morgan fingerprint density at radius 3 is 2.19 bits per heavy atom. The average molecular weight is 344 g/mol. The molecule has 1 nitrogen and oxygen atoms in total. The molecule has 1 aliphatic carbocycles.